The minimum atomic E-state index is -3.68. The number of nitrogens with one attached hydrogen (secondary N) is 1. The number of rotatable bonds is 7. The van der Waals surface area contributed by atoms with Gasteiger partial charge in [-0.15, -0.1) is 0 Å². The molecule has 0 aromatic heterocycles. The number of carbonyl (C=O) groups is 1. The minimum absolute atomic E-state index is 0.0416. The standard InChI is InChI=1S/C19H19ClN2O6S/c1-28-19(23)10-15-8-13-6-12(7-14(13)9-18(15)22(24)25)11-21-29(26,27)17-4-2-16(20)3-5-17/h2-5,8-9,12,21H,6-7,10-11H2,1H3. The largest absolute Gasteiger partial charge is 0.469 e. The van der Waals surface area contributed by atoms with Crippen LogP contribution in [0.2, 0.25) is 5.02 Å². The summed E-state index contributed by atoms with van der Waals surface area (Å²) in [5.41, 5.74) is 1.84. The molecule has 29 heavy (non-hydrogen) atoms. The molecule has 0 saturated heterocycles. The maximum atomic E-state index is 12.4. The number of nitro benzene ring substituents is 1. The van der Waals surface area contributed by atoms with Gasteiger partial charge < -0.3 is 4.74 Å². The number of nitrogens with zero attached hydrogens (tertiary/aromatic N) is 1. The third-order valence-corrected chi connectivity index (χ3v) is 6.55. The van der Waals surface area contributed by atoms with Gasteiger partial charge in [-0.3, -0.25) is 14.9 Å². The Bertz CT molecular complexity index is 1050. The van der Waals surface area contributed by atoms with Crippen LogP contribution in [0.25, 0.3) is 0 Å². The molecule has 1 atom stereocenters. The molecule has 3 rings (SSSR count). The first-order chi connectivity index (χ1) is 13.7. The molecule has 1 N–H and O–H groups in total. The fraction of sp³-hybridized carbons (Fsp3) is 0.316. The minimum Gasteiger partial charge on any atom is -0.469 e. The van der Waals surface area contributed by atoms with E-state index in [9.17, 15) is 23.3 Å². The zero-order chi connectivity index (χ0) is 21.2. The zero-order valence-electron chi connectivity index (χ0n) is 15.6. The summed E-state index contributed by atoms with van der Waals surface area (Å²) in [7, 11) is -2.45. The summed E-state index contributed by atoms with van der Waals surface area (Å²) in [4.78, 5) is 22.5. The lowest BCUT2D eigenvalue weighted by Gasteiger charge is -2.11. The lowest BCUT2D eigenvalue weighted by molar-refractivity contribution is -0.385. The van der Waals surface area contributed by atoms with E-state index < -0.39 is 20.9 Å². The fourth-order valence-electron chi connectivity index (χ4n) is 3.41. The number of esters is 1. The maximum absolute atomic E-state index is 12.4. The highest BCUT2D eigenvalue weighted by Crippen LogP contribution is 2.33. The number of halogens is 1. The van der Waals surface area contributed by atoms with Gasteiger partial charge in [-0.1, -0.05) is 11.6 Å². The van der Waals surface area contributed by atoms with E-state index in [4.69, 9.17) is 11.6 Å². The number of fused-ring (bicyclic) bond motifs is 1. The number of sulfonamides is 1. The second-order valence-electron chi connectivity index (χ2n) is 6.84. The Morgan fingerprint density at radius 3 is 2.45 bits per heavy atom. The van der Waals surface area contributed by atoms with Crippen molar-refractivity contribution in [3.8, 4) is 0 Å². The van der Waals surface area contributed by atoms with Crippen molar-refractivity contribution in [1.29, 1.82) is 0 Å². The monoisotopic (exact) mass is 438 g/mol. The van der Waals surface area contributed by atoms with Gasteiger partial charge in [0.1, 0.15) is 0 Å². The van der Waals surface area contributed by atoms with Gasteiger partial charge in [0.25, 0.3) is 5.69 Å². The highest BCUT2D eigenvalue weighted by Gasteiger charge is 2.28. The highest BCUT2D eigenvalue weighted by atomic mass is 35.5. The average molecular weight is 439 g/mol. The van der Waals surface area contributed by atoms with Crippen molar-refractivity contribution in [3.63, 3.8) is 0 Å². The van der Waals surface area contributed by atoms with E-state index in [1.165, 1.54) is 37.4 Å². The Labute approximate surface area is 173 Å². The topological polar surface area (TPSA) is 116 Å². The summed E-state index contributed by atoms with van der Waals surface area (Å²) in [6, 6.07) is 8.99. The number of hydrogen-bond acceptors (Lipinski definition) is 6. The molecule has 0 fully saturated rings. The number of benzene rings is 2. The first-order valence-electron chi connectivity index (χ1n) is 8.80. The molecule has 154 valence electrons. The summed E-state index contributed by atoms with van der Waals surface area (Å²) < 4.78 is 32.1. The van der Waals surface area contributed by atoms with Gasteiger partial charge in [0, 0.05) is 23.2 Å². The van der Waals surface area contributed by atoms with Gasteiger partial charge in [0.05, 0.1) is 23.3 Å². The lowest BCUT2D eigenvalue weighted by Crippen LogP contribution is -2.29. The van der Waals surface area contributed by atoms with E-state index in [0.717, 1.165) is 11.1 Å². The number of nitro groups is 1. The molecule has 0 radical (unpaired) electrons. The number of hydrogen-bond donors (Lipinski definition) is 1. The van der Waals surface area contributed by atoms with Gasteiger partial charge in [-0.05, 0) is 60.2 Å². The van der Waals surface area contributed by atoms with Crippen LogP contribution in [-0.4, -0.2) is 33.0 Å². The molecule has 0 saturated carbocycles. The Morgan fingerprint density at radius 2 is 1.86 bits per heavy atom. The summed E-state index contributed by atoms with van der Waals surface area (Å²) >= 11 is 5.79. The second kappa shape index (κ2) is 8.48. The molecule has 2 aromatic rings. The Kier molecular flexibility index (Phi) is 6.21. The van der Waals surface area contributed by atoms with Gasteiger partial charge in [-0.25, -0.2) is 13.1 Å². The van der Waals surface area contributed by atoms with Crippen molar-refractivity contribution in [3.05, 3.63) is 68.2 Å². The van der Waals surface area contributed by atoms with Crippen LogP contribution in [0.1, 0.15) is 16.7 Å². The van der Waals surface area contributed by atoms with E-state index in [2.05, 4.69) is 9.46 Å². The van der Waals surface area contributed by atoms with Gasteiger partial charge in [0.2, 0.25) is 10.0 Å². The van der Waals surface area contributed by atoms with Crippen LogP contribution >= 0.6 is 11.6 Å². The summed E-state index contributed by atoms with van der Waals surface area (Å²) in [5, 5.41) is 11.8. The van der Waals surface area contributed by atoms with Crippen LogP contribution in [0.3, 0.4) is 0 Å². The quantitative estimate of drug-likeness (QED) is 0.403. The van der Waals surface area contributed by atoms with Crippen molar-refractivity contribution in [2.45, 2.75) is 24.2 Å². The molecule has 0 bridgehead atoms. The van der Waals surface area contributed by atoms with E-state index >= 15 is 0 Å². The van der Waals surface area contributed by atoms with Gasteiger partial charge in [0.15, 0.2) is 0 Å². The van der Waals surface area contributed by atoms with Crippen LogP contribution in [0.15, 0.2) is 41.3 Å². The molecule has 0 aliphatic heterocycles. The SMILES string of the molecule is COC(=O)Cc1cc2c(cc1[N+](=O)[O-])CC(CNS(=O)(=O)c1ccc(Cl)cc1)C2. The first kappa shape index (κ1) is 21.2. The predicted octanol–water partition coefficient (Wildman–Crippen LogP) is 2.66. The van der Waals surface area contributed by atoms with Crippen LogP contribution in [0.4, 0.5) is 5.69 Å². The van der Waals surface area contributed by atoms with Crippen molar-refractivity contribution in [1.82, 2.24) is 4.72 Å². The first-order valence-corrected chi connectivity index (χ1v) is 10.7. The number of carbonyl (C=O) groups excluding carboxylic acids is 1. The molecule has 1 aliphatic carbocycles. The molecular formula is C19H19ClN2O6S. The molecule has 1 unspecified atom stereocenters. The molecular weight excluding hydrogens is 420 g/mol. The normalized spacial score (nSPS) is 15.7. The second-order valence-corrected chi connectivity index (χ2v) is 9.04. The van der Waals surface area contributed by atoms with Crippen molar-refractivity contribution in [2.24, 2.45) is 5.92 Å². The molecule has 0 spiro atoms. The predicted molar refractivity (Wildman–Crippen MR) is 106 cm³/mol. The van der Waals surface area contributed by atoms with E-state index in [1.807, 2.05) is 0 Å². The Balaban J connectivity index is 1.73. The van der Waals surface area contributed by atoms with Crippen LogP contribution in [0.5, 0.6) is 0 Å². The van der Waals surface area contributed by atoms with Crippen LogP contribution < -0.4 is 4.72 Å². The summed E-state index contributed by atoms with van der Waals surface area (Å²) in [5.74, 6) is -0.599. The van der Waals surface area contributed by atoms with E-state index in [0.29, 0.717) is 23.4 Å². The molecule has 2 aromatic carbocycles. The number of methoxy groups -OCH3 is 1. The average Bonchev–Trinajstić information content (AvgIpc) is 3.08. The molecule has 10 heteroatoms. The molecule has 0 amide bonds. The zero-order valence-corrected chi connectivity index (χ0v) is 17.1. The highest BCUT2D eigenvalue weighted by molar-refractivity contribution is 7.89. The lowest BCUT2D eigenvalue weighted by atomic mass is 10.0. The summed E-state index contributed by atoms with van der Waals surface area (Å²) in [6.45, 7) is 0.194. The number of ether oxygens (including phenoxy) is 1. The van der Waals surface area contributed by atoms with E-state index in [1.54, 1.807) is 6.07 Å². The van der Waals surface area contributed by atoms with Crippen molar-refractivity contribution >= 4 is 33.3 Å². The molecule has 0 heterocycles. The fourth-order valence-corrected chi connectivity index (χ4v) is 4.65. The third kappa shape index (κ3) is 4.92. The van der Waals surface area contributed by atoms with Crippen LogP contribution in [0, 0.1) is 16.0 Å². The maximum Gasteiger partial charge on any atom is 0.310 e. The smallest absolute Gasteiger partial charge is 0.310 e. The Morgan fingerprint density at radius 1 is 1.24 bits per heavy atom. The van der Waals surface area contributed by atoms with Gasteiger partial charge >= 0.3 is 5.97 Å². The van der Waals surface area contributed by atoms with Crippen LogP contribution in [-0.2, 0) is 38.8 Å². The third-order valence-electron chi connectivity index (χ3n) is 4.86. The molecule has 8 nitrogen and oxygen atoms in total. The Hall–Kier alpha value is -2.49. The molecule has 1 aliphatic rings. The van der Waals surface area contributed by atoms with Crippen molar-refractivity contribution in [2.75, 3.05) is 13.7 Å². The van der Waals surface area contributed by atoms with Gasteiger partial charge in [-0.2, -0.15) is 0 Å². The van der Waals surface area contributed by atoms with E-state index in [-0.39, 0.29) is 29.5 Å². The van der Waals surface area contributed by atoms with Crippen molar-refractivity contribution < 1.29 is 22.9 Å². The summed E-state index contributed by atoms with van der Waals surface area (Å²) in [6.07, 6.45) is 0.885.